The van der Waals surface area contributed by atoms with Gasteiger partial charge in [0.15, 0.2) is 12.1 Å². The summed E-state index contributed by atoms with van der Waals surface area (Å²) in [6, 6.07) is 15.5. The van der Waals surface area contributed by atoms with Crippen LogP contribution in [0.5, 0.6) is 0 Å². The lowest BCUT2D eigenvalue weighted by Crippen LogP contribution is -2.11. The number of hydrogen-bond donors (Lipinski definition) is 0. The molecule has 2 heterocycles. The molecule has 0 fully saturated rings. The lowest BCUT2D eigenvalue weighted by Gasteiger charge is -2.10. The molecule has 0 radical (unpaired) electrons. The number of carbonyl (C=O) groups excluding carboxylic acids is 2. The van der Waals surface area contributed by atoms with Crippen molar-refractivity contribution >= 4 is 23.0 Å². The molecule has 3 nitrogen and oxygen atoms in total. The van der Waals surface area contributed by atoms with Crippen molar-refractivity contribution < 1.29 is 9.59 Å². The van der Waals surface area contributed by atoms with E-state index in [1.165, 1.54) is 0 Å². The van der Waals surface area contributed by atoms with E-state index in [1.807, 2.05) is 55.5 Å². The number of Topliss-reactive ketones (excluding diaryl/α,β-unsaturated/α-hetero) is 1. The second kappa shape index (κ2) is 5.20. The molecule has 0 amide bonds. The molecule has 1 aliphatic rings. The number of aldehydes is 1. The molecule has 3 aromatic rings. The van der Waals surface area contributed by atoms with Gasteiger partial charge in [-0.15, -0.1) is 0 Å². The van der Waals surface area contributed by atoms with Gasteiger partial charge in [-0.3, -0.25) is 9.59 Å². The number of nitrogens with zero attached hydrogens (tertiary/aromatic N) is 1. The second-order valence-corrected chi connectivity index (χ2v) is 6.16. The van der Waals surface area contributed by atoms with Gasteiger partial charge in [0.2, 0.25) is 0 Å². The van der Waals surface area contributed by atoms with Crippen LogP contribution in [0, 0.1) is 6.92 Å². The Labute approximate surface area is 134 Å². The van der Waals surface area contributed by atoms with Crippen molar-refractivity contribution in [3.63, 3.8) is 0 Å². The van der Waals surface area contributed by atoms with Crippen LogP contribution in [0.1, 0.15) is 44.3 Å². The molecule has 2 aromatic carbocycles. The fourth-order valence-corrected chi connectivity index (χ4v) is 3.66. The van der Waals surface area contributed by atoms with Crippen molar-refractivity contribution in [1.29, 1.82) is 0 Å². The monoisotopic (exact) mass is 303 g/mol. The molecule has 23 heavy (non-hydrogen) atoms. The first kappa shape index (κ1) is 13.9. The van der Waals surface area contributed by atoms with E-state index in [9.17, 15) is 9.59 Å². The van der Waals surface area contributed by atoms with Crippen molar-refractivity contribution in [1.82, 2.24) is 4.57 Å². The van der Waals surface area contributed by atoms with Gasteiger partial charge in [-0.2, -0.15) is 0 Å². The van der Waals surface area contributed by atoms with Gasteiger partial charge in [-0.1, -0.05) is 48.0 Å². The van der Waals surface area contributed by atoms with E-state index >= 15 is 0 Å². The number of rotatable bonds is 3. The molecule has 114 valence electrons. The minimum Gasteiger partial charge on any atom is -0.343 e. The standard InChI is InChI=1S/C20H17NO2/c1-13-6-8-14(9-7-13)20(23)16-10-11-21-18-5-3-2-4-15(18)17(12-22)19(16)21/h2-9,12,16H,10-11H2,1H3. The summed E-state index contributed by atoms with van der Waals surface area (Å²) >= 11 is 0. The maximum absolute atomic E-state index is 12.9. The molecule has 1 atom stereocenters. The van der Waals surface area contributed by atoms with Crippen LogP contribution in [0.15, 0.2) is 48.5 Å². The molecule has 0 bridgehead atoms. The fraction of sp³-hybridized carbons (Fsp3) is 0.200. The summed E-state index contributed by atoms with van der Waals surface area (Å²) in [6.45, 7) is 2.79. The van der Waals surface area contributed by atoms with E-state index in [4.69, 9.17) is 0 Å². The fourth-order valence-electron chi connectivity index (χ4n) is 3.66. The van der Waals surface area contributed by atoms with Crippen molar-refractivity contribution in [3.05, 3.63) is 70.9 Å². The van der Waals surface area contributed by atoms with Crippen LogP contribution in [0.25, 0.3) is 10.9 Å². The van der Waals surface area contributed by atoms with Gasteiger partial charge in [-0.05, 0) is 19.4 Å². The lowest BCUT2D eigenvalue weighted by atomic mass is 9.91. The van der Waals surface area contributed by atoms with E-state index in [0.717, 1.165) is 47.0 Å². The van der Waals surface area contributed by atoms with E-state index in [0.29, 0.717) is 5.56 Å². The number of fused-ring (bicyclic) bond motifs is 3. The van der Waals surface area contributed by atoms with Crippen LogP contribution >= 0.6 is 0 Å². The van der Waals surface area contributed by atoms with Gasteiger partial charge in [0.05, 0.1) is 5.92 Å². The van der Waals surface area contributed by atoms with Crippen LogP contribution in [0.3, 0.4) is 0 Å². The Morgan fingerprint density at radius 1 is 1.13 bits per heavy atom. The minimum absolute atomic E-state index is 0.106. The second-order valence-electron chi connectivity index (χ2n) is 6.16. The number of para-hydroxylation sites is 1. The first-order chi connectivity index (χ1) is 11.2. The Morgan fingerprint density at radius 2 is 1.87 bits per heavy atom. The Morgan fingerprint density at radius 3 is 2.61 bits per heavy atom. The Bertz CT molecular complexity index is 919. The average molecular weight is 303 g/mol. The maximum Gasteiger partial charge on any atom is 0.171 e. The zero-order chi connectivity index (χ0) is 16.0. The number of aromatic nitrogens is 1. The molecule has 3 heteroatoms. The molecule has 0 aliphatic carbocycles. The Kier molecular flexibility index (Phi) is 3.15. The molecule has 0 saturated heterocycles. The summed E-state index contributed by atoms with van der Waals surface area (Å²) < 4.78 is 2.13. The van der Waals surface area contributed by atoms with E-state index in [1.54, 1.807) is 0 Å². The average Bonchev–Trinajstić information content (AvgIpc) is 3.13. The SMILES string of the molecule is Cc1ccc(C(=O)C2CCn3c2c(C=O)c2ccccc23)cc1. The maximum atomic E-state index is 12.9. The topological polar surface area (TPSA) is 39.1 Å². The third kappa shape index (κ3) is 2.04. The van der Waals surface area contributed by atoms with Crippen LogP contribution in [0.2, 0.25) is 0 Å². The lowest BCUT2D eigenvalue weighted by molar-refractivity contribution is 0.0959. The Hall–Kier alpha value is -2.68. The summed E-state index contributed by atoms with van der Waals surface area (Å²) in [5, 5.41) is 0.943. The van der Waals surface area contributed by atoms with Crippen molar-refractivity contribution in [2.24, 2.45) is 0 Å². The molecule has 0 spiro atoms. The highest BCUT2D eigenvalue weighted by Gasteiger charge is 2.34. The van der Waals surface area contributed by atoms with E-state index < -0.39 is 0 Å². The first-order valence-corrected chi connectivity index (χ1v) is 7.88. The van der Waals surface area contributed by atoms with Crippen LogP contribution < -0.4 is 0 Å². The van der Waals surface area contributed by atoms with E-state index in [2.05, 4.69) is 4.57 Å². The Balaban J connectivity index is 1.85. The smallest absolute Gasteiger partial charge is 0.171 e. The normalized spacial score (nSPS) is 16.5. The zero-order valence-corrected chi connectivity index (χ0v) is 13.0. The highest BCUT2D eigenvalue weighted by molar-refractivity contribution is 6.06. The number of benzene rings is 2. The van der Waals surface area contributed by atoms with Crippen LogP contribution in [-0.2, 0) is 6.54 Å². The third-order valence-electron chi connectivity index (χ3n) is 4.79. The summed E-state index contributed by atoms with van der Waals surface area (Å²) in [7, 11) is 0. The predicted molar refractivity (Wildman–Crippen MR) is 90.2 cm³/mol. The highest BCUT2D eigenvalue weighted by Crippen LogP contribution is 2.39. The van der Waals surface area contributed by atoms with Gasteiger partial charge >= 0.3 is 0 Å². The van der Waals surface area contributed by atoms with Gasteiger partial charge < -0.3 is 4.57 Å². The molecule has 1 unspecified atom stereocenters. The first-order valence-electron chi connectivity index (χ1n) is 7.88. The van der Waals surface area contributed by atoms with Gasteiger partial charge in [0, 0.05) is 34.3 Å². The molecule has 4 rings (SSSR count). The minimum atomic E-state index is -0.231. The van der Waals surface area contributed by atoms with E-state index in [-0.39, 0.29) is 11.7 Å². The number of ketones is 1. The summed E-state index contributed by atoms with van der Waals surface area (Å²) in [6.07, 6.45) is 1.66. The van der Waals surface area contributed by atoms with Gasteiger partial charge in [0.1, 0.15) is 0 Å². The number of hydrogen-bond acceptors (Lipinski definition) is 2. The van der Waals surface area contributed by atoms with Crippen LogP contribution in [-0.4, -0.2) is 16.6 Å². The molecule has 0 saturated carbocycles. The molecular weight excluding hydrogens is 286 g/mol. The quantitative estimate of drug-likeness (QED) is 0.539. The zero-order valence-electron chi connectivity index (χ0n) is 13.0. The number of aryl methyl sites for hydroxylation is 2. The largest absolute Gasteiger partial charge is 0.343 e. The van der Waals surface area contributed by atoms with Crippen molar-refractivity contribution in [2.75, 3.05) is 0 Å². The van der Waals surface area contributed by atoms with Crippen molar-refractivity contribution in [2.45, 2.75) is 25.8 Å². The molecule has 1 aliphatic heterocycles. The summed E-state index contributed by atoms with van der Waals surface area (Å²) in [5.41, 5.74) is 4.45. The predicted octanol–water partition coefficient (Wildman–Crippen LogP) is 4.13. The van der Waals surface area contributed by atoms with Crippen LogP contribution in [0.4, 0.5) is 0 Å². The molecular formula is C20H17NO2. The number of carbonyl (C=O) groups is 2. The molecule has 1 aromatic heterocycles. The third-order valence-corrected chi connectivity index (χ3v) is 4.79. The summed E-state index contributed by atoms with van der Waals surface area (Å²) in [5.74, 6) is -0.125. The highest BCUT2D eigenvalue weighted by atomic mass is 16.1. The molecule has 0 N–H and O–H groups in total. The van der Waals surface area contributed by atoms with Gasteiger partial charge in [0.25, 0.3) is 0 Å². The van der Waals surface area contributed by atoms with Gasteiger partial charge in [-0.25, -0.2) is 0 Å². The van der Waals surface area contributed by atoms with Crippen molar-refractivity contribution in [3.8, 4) is 0 Å². The summed E-state index contributed by atoms with van der Waals surface area (Å²) in [4.78, 5) is 24.6.